The molecule has 2 N–H and O–H groups in total. The lowest BCUT2D eigenvalue weighted by molar-refractivity contribution is -0.0190. The van der Waals surface area contributed by atoms with Crippen molar-refractivity contribution < 1.29 is 19.1 Å². The number of aliphatic hydroxyl groups is 1. The highest BCUT2D eigenvalue weighted by Gasteiger charge is 2.35. The zero-order valence-electron chi connectivity index (χ0n) is 5.37. The summed E-state index contributed by atoms with van der Waals surface area (Å²) in [6.45, 7) is 0.868. The van der Waals surface area contributed by atoms with Crippen molar-refractivity contribution in [1.29, 1.82) is 0 Å². The molecule has 0 aromatic carbocycles. The van der Waals surface area contributed by atoms with Crippen LogP contribution >= 0.6 is 42.4 Å². The molecule has 0 saturated heterocycles. The number of hydrogen-bond donors (Lipinski definition) is 2. The van der Waals surface area contributed by atoms with Crippen LogP contribution in [0.15, 0.2) is 0 Å². The van der Waals surface area contributed by atoms with E-state index in [4.69, 9.17) is 44.8 Å². The molecular formula is C3H6Cl3O4P. The second kappa shape index (κ2) is 3.79. The van der Waals surface area contributed by atoms with Gasteiger partial charge in [-0.05, 0) is 0 Å². The fourth-order valence-corrected chi connectivity index (χ4v) is 1.09. The second-order valence-electron chi connectivity index (χ2n) is 1.80. The van der Waals surface area contributed by atoms with E-state index in [2.05, 4.69) is 4.52 Å². The van der Waals surface area contributed by atoms with E-state index in [0.29, 0.717) is 0 Å². The van der Waals surface area contributed by atoms with E-state index < -0.39 is 17.7 Å². The van der Waals surface area contributed by atoms with Crippen LogP contribution in [0, 0.1) is 0 Å². The third-order valence-corrected chi connectivity index (χ3v) is 1.73. The van der Waals surface area contributed by atoms with Crippen LogP contribution in [0.2, 0.25) is 0 Å². The van der Waals surface area contributed by atoms with E-state index in [9.17, 15) is 4.57 Å². The van der Waals surface area contributed by atoms with Crippen LogP contribution in [0.5, 0.6) is 0 Å². The summed E-state index contributed by atoms with van der Waals surface area (Å²) >= 11 is 15.3. The van der Waals surface area contributed by atoms with Crippen LogP contribution in [0.3, 0.4) is 0 Å². The van der Waals surface area contributed by atoms with Crippen LogP contribution in [-0.2, 0) is 9.09 Å². The van der Waals surface area contributed by atoms with E-state index in [1.54, 1.807) is 0 Å². The van der Waals surface area contributed by atoms with Gasteiger partial charge >= 0.3 is 7.60 Å². The van der Waals surface area contributed by atoms with Crippen molar-refractivity contribution in [2.75, 3.05) is 6.66 Å². The minimum Gasteiger partial charge on any atom is -0.364 e. The molecule has 0 aliphatic carbocycles. The zero-order chi connectivity index (χ0) is 9.28. The Balaban J connectivity index is 4.10. The first-order valence-corrected chi connectivity index (χ1v) is 5.52. The van der Waals surface area contributed by atoms with Gasteiger partial charge in [0.15, 0.2) is 0 Å². The molecule has 0 aliphatic rings. The van der Waals surface area contributed by atoms with Gasteiger partial charge in [0.25, 0.3) is 0 Å². The molecule has 0 spiro atoms. The molecule has 0 fully saturated rings. The third-order valence-electron chi connectivity index (χ3n) is 0.575. The lowest BCUT2D eigenvalue weighted by Crippen LogP contribution is -2.26. The second-order valence-corrected chi connectivity index (χ2v) is 5.99. The van der Waals surface area contributed by atoms with Crippen molar-refractivity contribution in [3.8, 4) is 0 Å². The van der Waals surface area contributed by atoms with Gasteiger partial charge in [-0.2, -0.15) is 0 Å². The SMILES string of the molecule is CP(=O)(O)OC(O)C(Cl)(Cl)Cl. The van der Waals surface area contributed by atoms with Crippen molar-refractivity contribution in [1.82, 2.24) is 0 Å². The van der Waals surface area contributed by atoms with Gasteiger partial charge in [0.1, 0.15) is 0 Å². The number of halogens is 3. The molecule has 0 radical (unpaired) electrons. The molecule has 2 unspecified atom stereocenters. The first-order chi connectivity index (χ1) is 4.63. The molecule has 0 saturated carbocycles. The molecule has 4 nitrogen and oxygen atoms in total. The molecule has 0 bridgehead atoms. The van der Waals surface area contributed by atoms with Crippen molar-refractivity contribution in [2.24, 2.45) is 0 Å². The number of hydrogen-bond acceptors (Lipinski definition) is 3. The standard InChI is InChI=1S/C3H6Cl3O4P/c1-11(8,9)10-2(7)3(4,5)6/h2,7H,1H3,(H,8,9). The average molecular weight is 243 g/mol. The van der Waals surface area contributed by atoms with Crippen LogP contribution in [0.25, 0.3) is 0 Å². The Morgan fingerprint density at radius 2 is 1.91 bits per heavy atom. The highest BCUT2D eigenvalue weighted by Crippen LogP contribution is 2.43. The molecule has 0 aliphatic heterocycles. The van der Waals surface area contributed by atoms with Crippen LogP contribution in [0.1, 0.15) is 0 Å². The first-order valence-electron chi connectivity index (χ1n) is 2.36. The molecule has 11 heavy (non-hydrogen) atoms. The van der Waals surface area contributed by atoms with Crippen LogP contribution in [0.4, 0.5) is 0 Å². The highest BCUT2D eigenvalue weighted by atomic mass is 35.6. The van der Waals surface area contributed by atoms with Crippen molar-refractivity contribution in [3.63, 3.8) is 0 Å². The monoisotopic (exact) mass is 242 g/mol. The smallest absolute Gasteiger partial charge is 0.327 e. The summed E-state index contributed by atoms with van der Waals surface area (Å²) in [4.78, 5) is 8.55. The third kappa shape index (κ3) is 6.17. The Morgan fingerprint density at radius 3 is 2.00 bits per heavy atom. The van der Waals surface area contributed by atoms with E-state index in [1.165, 1.54) is 0 Å². The Kier molecular flexibility index (Phi) is 4.13. The molecule has 0 amide bonds. The molecule has 0 heterocycles. The van der Waals surface area contributed by atoms with Gasteiger partial charge < -0.3 is 10.00 Å². The highest BCUT2D eigenvalue weighted by molar-refractivity contribution is 7.51. The Bertz CT molecular complexity index is 172. The molecule has 0 rings (SSSR count). The van der Waals surface area contributed by atoms with Gasteiger partial charge in [0, 0.05) is 6.66 Å². The van der Waals surface area contributed by atoms with Gasteiger partial charge in [-0.3, -0.25) is 9.09 Å². The molecule has 2 atom stereocenters. The van der Waals surface area contributed by atoms with Gasteiger partial charge in [0.2, 0.25) is 10.1 Å². The average Bonchev–Trinajstić information content (AvgIpc) is 1.56. The van der Waals surface area contributed by atoms with E-state index in [0.717, 1.165) is 6.66 Å². The fourth-order valence-electron chi connectivity index (χ4n) is 0.245. The van der Waals surface area contributed by atoms with Gasteiger partial charge in [-0.15, -0.1) is 0 Å². The van der Waals surface area contributed by atoms with E-state index in [-0.39, 0.29) is 0 Å². The lowest BCUT2D eigenvalue weighted by Gasteiger charge is -2.19. The fraction of sp³-hybridized carbons (Fsp3) is 1.00. The summed E-state index contributed by atoms with van der Waals surface area (Å²) in [5.74, 6) is 0. The summed E-state index contributed by atoms with van der Waals surface area (Å²) < 4.78 is 12.4. The van der Waals surface area contributed by atoms with Crippen molar-refractivity contribution in [2.45, 2.75) is 10.1 Å². The Labute approximate surface area is 78.5 Å². The molecular weight excluding hydrogens is 237 g/mol. The van der Waals surface area contributed by atoms with Gasteiger partial charge in [-0.25, -0.2) is 0 Å². The largest absolute Gasteiger partial charge is 0.364 e. The minimum atomic E-state index is -3.82. The minimum absolute atomic E-state index is 0.868. The number of rotatable bonds is 2. The van der Waals surface area contributed by atoms with E-state index >= 15 is 0 Å². The van der Waals surface area contributed by atoms with E-state index in [1.807, 2.05) is 0 Å². The lowest BCUT2D eigenvalue weighted by atomic mass is 10.8. The maximum absolute atomic E-state index is 10.5. The first kappa shape index (κ1) is 12.0. The summed E-state index contributed by atoms with van der Waals surface area (Å²) in [7, 11) is -3.82. The Hall–Kier alpha value is 0.980. The van der Waals surface area contributed by atoms with Gasteiger partial charge in [-0.1, -0.05) is 34.8 Å². The van der Waals surface area contributed by atoms with Crippen LogP contribution < -0.4 is 0 Å². The van der Waals surface area contributed by atoms with Crippen LogP contribution in [-0.4, -0.2) is 26.7 Å². The normalized spacial score (nSPS) is 20.9. The summed E-state index contributed by atoms with van der Waals surface area (Å²) in [6, 6.07) is 0. The van der Waals surface area contributed by atoms with Crippen molar-refractivity contribution in [3.05, 3.63) is 0 Å². The quantitative estimate of drug-likeness (QED) is 0.438. The number of aliphatic hydroxyl groups excluding tert-OH is 1. The predicted molar refractivity (Wildman–Crippen MR) is 43.1 cm³/mol. The Morgan fingerprint density at radius 1 is 1.55 bits per heavy atom. The summed E-state index contributed by atoms with van der Waals surface area (Å²) in [6.07, 6.45) is -1.91. The molecule has 8 heteroatoms. The van der Waals surface area contributed by atoms with Gasteiger partial charge in [0.05, 0.1) is 0 Å². The predicted octanol–water partition coefficient (Wildman–Crippen LogP) is 1.51. The maximum Gasteiger partial charge on any atom is 0.327 e. The molecule has 0 aromatic rings. The summed E-state index contributed by atoms with van der Waals surface area (Å²) in [5.41, 5.74) is 0. The molecule has 0 aromatic heterocycles. The number of alkyl halides is 3. The maximum atomic E-state index is 10.5. The zero-order valence-corrected chi connectivity index (χ0v) is 8.53. The topological polar surface area (TPSA) is 66.8 Å². The molecule has 68 valence electrons. The van der Waals surface area contributed by atoms with Crippen molar-refractivity contribution >= 4 is 42.4 Å². The summed E-state index contributed by atoms with van der Waals surface area (Å²) in [5, 5.41) is 8.77.